The maximum atomic E-state index is 12.7. The van der Waals surface area contributed by atoms with E-state index < -0.39 is 11.9 Å². The molecule has 3 rings (SSSR count). The van der Waals surface area contributed by atoms with E-state index in [0.717, 1.165) is 45.1 Å². The average Bonchev–Trinajstić information content (AvgIpc) is 3.25. The maximum Gasteiger partial charge on any atom is 0.307 e. The summed E-state index contributed by atoms with van der Waals surface area (Å²) in [6.07, 6.45) is 5.01. The van der Waals surface area contributed by atoms with Crippen molar-refractivity contribution >= 4 is 11.9 Å². The summed E-state index contributed by atoms with van der Waals surface area (Å²) in [6.45, 7) is 5.55. The summed E-state index contributed by atoms with van der Waals surface area (Å²) in [4.78, 5) is 28.5. The van der Waals surface area contributed by atoms with Gasteiger partial charge in [0.05, 0.1) is 11.8 Å². The summed E-state index contributed by atoms with van der Waals surface area (Å²) in [5, 5.41) is 9.39. The van der Waals surface area contributed by atoms with E-state index in [1.54, 1.807) is 0 Å². The Labute approximate surface area is 126 Å². The van der Waals surface area contributed by atoms with Crippen LogP contribution in [0.5, 0.6) is 0 Å². The van der Waals surface area contributed by atoms with Crippen LogP contribution in [-0.2, 0) is 9.59 Å². The number of aliphatic carboxylic acids is 1. The van der Waals surface area contributed by atoms with Crippen molar-refractivity contribution in [1.29, 1.82) is 0 Å². The van der Waals surface area contributed by atoms with Crippen LogP contribution in [0.4, 0.5) is 0 Å². The summed E-state index contributed by atoms with van der Waals surface area (Å²) in [7, 11) is 0. The summed E-state index contributed by atoms with van der Waals surface area (Å²) in [6, 6.07) is 0.755. The molecule has 21 heavy (non-hydrogen) atoms. The van der Waals surface area contributed by atoms with Crippen LogP contribution < -0.4 is 0 Å². The van der Waals surface area contributed by atoms with E-state index in [9.17, 15) is 14.7 Å². The first-order chi connectivity index (χ1) is 10.1. The van der Waals surface area contributed by atoms with Crippen molar-refractivity contribution in [1.82, 2.24) is 9.80 Å². The van der Waals surface area contributed by atoms with Crippen LogP contribution in [0.1, 0.15) is 39.0 Å². The monoisotopic (exact) mass is 294 g/mol. The zero-order valence-electron chi connectivity index (χ0n) is 12.8. The molecule has 0 spiro atoms. The molecule has 118 valence electrons. The van der Waals surface area contributed by atoms with Crippen LogP contribution in [0.15, 0.2) is 0 Å². The topological polar surface area (TPSA) is 60.9 Å². The van der Waals surface area contributed by atoms with Gasteiger partial charge < -0.3 is 10.0 Å². The molecule has 3 unspecified atom stereocenters. The molecule has 2 saturated carbocycles. The zero-order chi connectivity index (χ0) is 15.0. The van der Waals surface area contributed by atoms with Gasteiger partial charge in [0.2, 0.25) is 5.91 Å². The highest BCUT2D eigenvalue weighted by Gasteiger charge is 2.44. The highest BCUT2D eigenvalue weighted by Crippen LogP contribution is 2.39. The number of carboxylic acids is 1. The molecule has 0 radical (unpaired) electrons. The van der Waals surface area contributed by atoms with Crippen LogP contribution in [0.3, 0.4) is 0 Å². The van der Waals surface area contributed by atoms with Gasteiger partial charge >= 0.3 is 5.97 Å². The fourth-order valence-corrected chi connectivity index (χ4v) is 4.00. The third kappa shape index (κ3) is 3.07. The Morgan fingerprint density at radius 1 is 1.05 bits per heavy atom. The molecule has 3 atom stereocenters. The Morgan fingerprint density at radius 3 is 2.19 bits per heavy atom. The minimum Gasteiger partial charge on any atom is -0.481 e. The van der Waals surface area contributed by atoms with Gasteiger partial charge in [-0.1, -0.05) is 13.3 Å². The minimum absolute atomic E-state index is 0.0915. The third-order valence-corrected chi connectivity index (χ3v) is 5.56. The van der Waals surface area contributed by atoms with Crippen molar-refractivity contribution in [2.75, 3.05) is 26.2 Å². The molecule has 0 bridgehead atoms. The van der Waals surface area contributed by atoms with Crippen molar-refractivity contribution in [2.24, 2.45) is 17.8 Å². The quantitative estimate of drug-likeness (QED) is 0.852. The Hall–Kier alpha value is -1.10. The molecule has 5 nitrogen and oxygen atoms in total. The number of hydrogen-bond donors (Lipinski definition) is 1. The van der Waals surface area contributed by atoms with Gasteiger partial charge in [0.15, 0.2) is 0 Å². The molecule has 1 saturated heterocycles. The second-order valence-electron chi connectivity index (χ2n) is 6.89. The van der Waals surface area contributed by atoms with Crippen molar-refractivity contribution < 1.29 is 14.7 Å². The third-order valence-electron chi connectivity index (χ3n) is 5.56. The minimum atomic E-state index is -0.791. The van der Waals surface area contributed by atoms with Crippen LogP contribution in [0, 0.1) is 17.8 Å². The lowest BCUT2D eigenvalue weighted by Crippen LogP contribution is -2.51. The predicted molar refractivity (Wildman–Crippen MR) is 78.8 cm³/mol. The molecular weight excluding hydrogens is 268 g/mol. The highest BCUT2D eigenvalue weighted by molar-refractivity contribution is 5.85. The Morgan fingerprint density at radius 2 is 1.67 bits per heavy atom. The van der Waals surface area contributed by atoms with Crippen molar-refractivity contribution in [2.45, 2.75) is 45.1 Å². The second kappa shape index (κ2) is 5.95. The van der Waals surface area contributed by atoms with Gasteiger partial charge in [0.25, 0.3) is 0 Å². The molecule has 1 aliphatic heterocycles. The first kappa shape index (κ1) is 14.8. The number of carbonyl (C=O) groups is 2. The van der Waals surface area contributed by atoms with Gasteiger partial charge in [-0.3, -0.25) is 14.5 Å². The van der Waals surface area contributed by atoms with E-state index in [1.165, 1.54) is 12.8 Å². The molecule has 3 fully saturated rings. The Kier molecular flexibility index (Phi) is 4.20. The van der Waals surface area contributed by atoms with Gasteiger partial charge in [0.1, 0.15) is 0 Å². The molecule has 0 aromatic heterocycles. The van der Waals surface area contributed by atoms with Gasteiger partial charge in [-0.2, -0.15) is 0 Å². The number of amides is 1. The van der Waals surface area contributed by atoms with E-state index in [2.05, 4.69) is 11.8 Å². The molecule has 1 heterocycles. The summed E-state index contributed by atoms with van der Waals surface area (Å²) >= 11 is 0. The lowest BCUT2D eigenvalue weighted by molar-refractivity contribution is -0.149. The Bertz CT molecular complexity index is 414. The van der Waals surface area contributed by atoms with Crippen molar-refractivity contribution in [3.63, 3.8) is 0 Å². The van der Waals surface area contributed by atoms with E-state index in [4.69, 9.17) is 0 Å². The number of carbonyl (C=O) groups excluding carboxylic acids is 1. The molecule has 1 amide bonds. The Balaban J connectivity index is 1.59. The van der Waals surface area contributed by atoms with Crippen LogP contribution in [0.2, 0.25) is 0 Å². The van der Waals surface area contributed by atoms with Crippen LogP contribution in [-0.4, -0.2) is 59.0 Å². The fraction of sp³-hybridized carbons (Fsp3) is 0.875. The molecule has 0 aromatic carbocycles. The van der Waals surface area contributed by atoms with Gasteiger partial charge in [-0.15, -0.1) is 0 Å². The number of piperazine rings is 1. The van der Waals surface area contributed by atoms with Gasteiger partial charge in [-0.25, -0.2) is 0 Å². The fourth-order valence-electron chi connectivity index (χ4n) is 4.00. The number of rotatable bonds is 4. The van der Waals surface area contributed by atoms with E-state index >= 15 is 0 Å². The largest absolute Gasteiger partial charge is 0.481 e. The second-order valence-corrected chi connectivity index (χ2v) is 6.89. The summed E-state index contributed by atoms with van der Waals surface area (Å²) in [5.41, 5.74) is 0. The molecule has 0 aromatic rings. The average molecular weight is 294 g/mol. The highest BCUT2D eigenvalue weighted by atomic mass is 16.4. The van der Waals surface area contributed by atoms with Crippen LogP contribution in [0.25, 0.3) is 0 Å². The lowest BCUT2D eigenvalue weighted by atomic mass is 9.94. The SMILES string of the molecule is CCC1CC(C(=O)O)C(C(=O)N2CCN(C3CC3)CC2)C1. The van der Waals surface area contributed by atoms with Crippen molar-refractivity contribution in [3.05, 3.63) is 0 Å². The summed E-state index contributed by atoms with van der Waals surface area (Å²) in [5.74, 6) is -1.06. The van der Waals surface area contributed by atoms with Crippen molar-refractivity contribution in [3.8, 4) is 0 Å². The first-order valence-electron chi connectivity index (χ1n) is 8.35. The maximum absolute atomic E-state index is 12.7. The van der Waals surface area contributed by atoms with E-state index in [1.807, 2.05) is 4.90 Å². The molecular formula is C16H26N2O3. The summed E-state index contributed by atoms with van der Waals surface area (Å²) < 4.78 is 0. The number of carboxylic acid groups (broad SMARTS) is 1. The van der Waals surface area contributed by atoms with E-state index in [0.29, 0.717) is 12.3 Å². The van der Waals surface area contributed by atoms with Gasteiger partial charge in [-0.05, 0) is 31.6 Å². The number of nitrogens with zero attached hydrogens (tertiary/aromatic N) is 2. The predicted octanol–water partition coefficient (Wildman–Crippen LogP) is 1.43. The molecule has 5 heteroatoms. The van der Waals surface area contributed by atoms with E-state index in [-0.39, 0.29) is 11.8 Å². The molecule has 1 N–H and O–H groups in total. The molecule has 2 aliphatic carbocycles. The normalized spacial score (nSPS) is 34.1. The lowest BCUT2D eigenvalue weighted by Gasteiger charge is -2.36. The first-order valence-corrected chi connectivity index (χ1v) is 8.35. The zero-order valence-corrected chi connectivity index (χ0v) is 12.8. The molecule has 3 aliphatic rings. The van der Waals surface area contributed by atoms with Crippen LogP contribution >= 0.6 is 0 Å². The standard InChI is InChI=1S/C16H26N2O3/c1-2-11-9-13(14(10-11)16(20)21)15(19)18-7-5-17(6-8-18)12-3-4-12/h11-14H,2-10H2,1H3,(H,20,21). The van der Waals surface area contributed by atoms with Gasteiger partial charge in [0, 0.05) is 32.2 Å². The smallest absolute Gasteiger partial charge is 0.307 e. The number of hydrogen-bond acceptors (Lipinski definition) is 3.